The molecule has 0 spiro atoms. The van der Waals surface area contributed by atoms with Gasteiger partial charge in [0.05, 0.1) is 12.5 Å². The molecule has 10 rings (SSSR count). The maximum absolute atomic E-state index is 16.3. The Bertz CT molecular complexity index is 4680. The lowest BCUT2D eigenvalue weighted by Crippen LogP contribution is -2.62. The van der Waals surface area contributed by atoms with Crippen LogP contribution in [-0.2, 0) is 95.9 Å². The van der Waals surface area contributed by atoms with Crippen LogP contribution in [0.4, 0.5) is 0 Å². The number of carboxylic acids is 1. The predicted octanol–water partition coefficient (Wildman–Crippen LogP) is 8.93. The monoisotopic (exact) mass is 1610 g/mol. The smallest absolute Gasteiger partial charge is 0.305 e. The molecule has 2 aliphatic rings. The maximum atomic E-state index is 16.3. The molecule has 2 aromatic heterocycles. The molecule has 27 heteroatoms. The number of ether oxygens (including phenoxy) is 3. The first kappa shape index (κ1) is 87.5. The second-order valence-electron chi connectivity index (χ2n) is 31.6. The first-order valence-corrected chi connectivity index (χ1v) is 40.5. The number of benzene rings is 6. The van der Waals surface area contributed by atoms with Gasteiger partial charge >= 0.3 is 5.97 Å². The van der Waals surface area contributed by atoms with Crippen molar-refractivity contribution in [3.05, 3.63) is 209 Å². The summed E-state index contributed by atoms with van der Waals surface area (Å²) in [6.45, 7) is 12.2. The number of carbonyl (C=O) groups is 10. The molecule has 116 heavy (non-hydrogen) atoms. The zero-order valence-electron chi connectivity index (χ0n) is 67.6. The van der Waals surface area contributed by atoms with Gasteiger partial charge in [0.2, 0.25) is 53.2 Å². The van der Waals surface area contributed by atoms with E-state index in [2.05, 4.69) is 36.6 Å². The van der Waals surface area contributed by atoms with Crippen LogP contribution in [0.25, 0.3) is 21.8 Å². The van der Waals surface area contributed by atoms with E-state index in [9.17, 15) is 24.3 Å². The normalized spacial score (nSPS) is 16.6. The number of rotatable bonds is 37. The molecule has 9 amide bonds. The van der Waals surface area contributed by atoms with Crippen LogP contribution in [0.3, 0.4) is 0 Å². The van der Waals surface area contributed by atoms with Crippen molar-refractivity contribution in [1.29, 1.82) is 0 Å². The quantitative estimate of drug-likeness (QED) is 0.0175. The van der Waals surface area contributed by atoms with Gasteiger partial charge in [-0.3, -0.25) is 47.9 Å². The number of amides is 9. The van der Waals surface area contributed by atoms with Crippen molar-refractivity contribution < 1.29 is 67.3 Å². The Labute approximate surface area is 683 Å². The van der Waals surface area contributed by atoms with Crippen LogP contribution >= 0.6 is 11.6 Å². The van der Waals surface area contributed by atoms with Gasteiger partial charge < -0.3 is 81.2 Å². The van der Waals surface area contributed by atoms with Crippen molar-refractivity contribution in [2.75, 3.05) is 40.8 Å². The molecule has 2 aliphatic heterocycles. The lowest BCUT2D eigenvalue weighted by atomic mass is 9.95. The Morgan fingerprint density at radius 2 is 1.02 bits per heavy atom. The minimum absolute atomic E-state index is 0.0803. The zero-order chi connectivity index (χ0) is 83.3. The van der Waals surface area contributed by atoms with Crippen molar-refractivity contribution in [3.63, 3.8) is 0 Å². The Hall–Kier alpha value is -10.9. The van der Waals surface area contributed by atoms with Crippen molar-refractivity contribution in [3.8, 4) is 5.75 Å². The predicted molar refractivity (Wildman–Crippen MR) is 444 cm³/mol. The van der Waals surface area contributed by atoms with Crippen LogP contribution in [-0.4, -0.2) is 207 Å². The molecule has 12 atom stereocenters. The number of aliphatic carboxylic acids is 1. The highest BCUT2D eigenvalue weighted by atomic mass is 35.5. The van der Waals surface area contributed by atoms with Crippen LogP contribution in [0, 0.1) is 5.92 Å². The third kappa shape index (κ3) is 23.9. The number of fused-ring (bicyclic) bond motifs is 2. The van der Waals surface area contributed by atoms with E-state index in [1.807, 2.05) is 76.2 Å². The fourth-order valence-electron chi connectivity index (χ4n) is 15.0. The maximum Gasteiger partial charge on any atom is 0.305 e. The minimum atomic E-state index is -1.49. The number of hydrogen-bond acceptors (Lipinski definition) is 14. The van der Waals surface area contributed by atoms with E-state index >= 15 is 28.8 Å². The number of nitrogens with two attached hydrogens (primary N) is 1. The number of nitrogens with one attached hydrogen (secondary N) is 7. The number of likely N-dealkylation sites (N-methyl/N-ethyl adjacent to an activating group) is 3. The van der Waals surface area contributed by atoms with E-state index < -0.39 is 144 Å². The van der Waals surface area contributed by atoms with E-state index in [4.69, 9.17) is 31.5 Å². The largest absolute Gasteiger partial charge is 0.488 e. The lowest BCUT2D eigenvalue weighted by Gasteiger charge is -2.35. The van der Waals surface area contributed by atoms with E-state index in [-0.39, 0.29) is 38.5 Å². The fraction of sp³-hybridized carbons (Fsp3) is 0.438. The number of aromatic amines is 2. The molecule has 8 aromatic rings. The van der Waals surface area contributed by atoms with Gasteiger partial charge in [-0.15, -0.1) is 0 Å². The first-order valence-electron chi connectivity index (χ1n) is 40.1. The van der Waals surface area contributed by atoms with Gasteiger partial charge in [0.15, 0.2) is 6.29 Å². The number of H-pyrrole nitrogens is 2. The Balaban J connectivity index is 0.999. The van der Waals surface area contributed by atoms with E-state index in [0.29, 0.717) is 76.7 Å². The summed E-state index contributed by atoms with van der Waals surface area (Å²) in [4.78, 5) is 163. The van der Waals surface area contributed by atoms with Crippen LogP contribution in [0.1, 0.15) is 126 Å². The van der Waals surface area contributed by atoms with Crippen molar-refractivity contribution in [2.45, 2.75) is 204 Å². The topological polar surface area (TPSA) is 349 Å². The van der Waals surface area contributed by atoms with Crippen molar-refractivity contribution >= 4 is 92.5 Å². The average molecular weight is 1610 g/mol. The highest BCUT2D eigenvalue weighted by Gasteiger charge is 2.42. The van der Waals surface area contributed by atoms with Crippen LogP contribution in [0.15, 0.2) is 170 Å². The number of likely N-dealkylation sites (tertiary alicyclic amines) is 1. The standard InChI is InChI=1S/C89H111ClN12O14/c1-10-55(2)79(84(109)97-72(52-76(103)104)87(112)102-42-23-13-24-43-102)98-83(108)74(48-58-29-16-12-17-30-58)100(8)86(111)71(51-62-54-93-68-36-21-19-34-66(62)68)96-82(107)73(47-57-27-14-11-15-28-57)99(7)85(110)70(50-61-53-92-67-35-20-18-33-65(61)67)95-80(105)69(46-59-38-40-64(41-39-59)116-89(4,5)6)94-81(106)75(49-60-31-26-32-63(90)45-60)101(9)88(113)78(91)56(3)115-77-37-22-25-44-114-77/h11-12,14-21,26-36,38-41,45,53-56,69-75,77-79,92-93H,10,13,22-25,37,42-44,46-52,91H2,1-9H3,(H,94,106)(H,95,105)(H,96,107)(H,97,109)(H,98,108)(H,103,104)/t55-,56+,69?,70?,71-,72?,73?,74-,75-,77?,78-,79-/m0/s1. The molecule has 2 saturated heterocycles. The average Bonchev–Trinajstić information content (AvgIpc) is 1.68. The third-order valence-corrected chi connectivity index (χ3v) is 22.0. The number of nitrogens with zero attached hydrogens (tertiary/aromatic N) is 4. The van der Waals surface area contributed by atoms with Crippen molar-refractivity contribution in [1.82, 2.24) is 56.2 Å². The highest BCUT2D eigenvalue weighted by Crippen LogP contribution is 2.27. The van der Waals surface area contributed by atoms with Gasteiger partial charge in [0.1, 0.15) is 65.7 Å². The van der Waals surface area contributed by atoms with Crippen molar-refractivity contribution in [2.24, 2.45) is 11.7 Å². The molecule has 0 aliphatic carbocycles. The zero-order valence-corrected chi connectivity index (χ0v) is 68.4. The minimum Gasteiger partial charge on any atom is -0.488 e. The fourth-order valence-corrected chi connectivity index (χ4v) is 15.2. The second-order valence-corrected chi connectivity index (χ2v) is 32.0. The van der Waals surface area contributed by atoms with Crippen LogP contribution in [0.5, 0.6) is 5.75 Å². The molecule has 4 heterocycles. The van der Waals surface area contributed by atoms with E-state index in [1.54, 1.807) is 140 Å². The van der Waals surface area contributed by atoms with Crippen LogP contribution in [0.2, 0.25) is 5.02 Å². The molecule has 10 N–H and O–H groups in total. The number of aromatic nitrogens is 2. The van der Waals surface area contributed by atoms with Gasteiger partial charge in [-0.1, -0.05) is 153 Å². The van der Waals surface area contributed by atoms with Gasteiger partial charge in [-0.2, -0.15) is 0 Å². The number of piperidine rings is 1. The number of carbonyl (C=O) groups excluding carboxylic acids is 9. The summed E-state index contributed by atoms with van der Waals surface area (Å²) in [6, 6.07) is 34.0. The molecular formula is C89H111ClN12O14. The third-order valence-electron chi connectivity index (χ3n) is 21.8. The molecule has 0 saturated carbocycles. The Kier molecular flexibility index (Phi) is 31.0. The SMILES string of the molecule is CC[C@H](C)[C@H](NC(=O)[C@H](Cc1ccccc1)N(C)C(=O)[C@H](Cc1c[nH]c2ccccc12)NC(=O)C(Cc1ccccc1)N(C)C(=O)C(Cc1c[nH]c2ccccc12)NC(=O)C(Cc1ccc(OC(C)(C)C)cc1)NC(=O)[C@H](Cc1cccc(Cl)c1)N(C)C(=O)[C@@H](N)[C@@H](C)OC1CCCCO1)C(=O)NC(CC(=O)O)C(=O)N1CCCCC1. The molecule has 0 bridgehead atoms. The summed E-state index contributed by atoms with van der Waals surface area (Å²) in [5, 5.41) is 26.5. The number of hydrogen-bond donors (Lipinski definition) is 9. The summed E-state index contributed by atoms with van der Waals surface area (Å²) in [5.74, 6) is -7.91. The van der Waals surface area contributed by atoms with Gasteiger partial charge in [-0.25, -0.2) is 0 Å². The van der Waals surface area contributed by atoms with Gasteiger partial charge in [0.25, 0.3) is 0 Å². The lowest BCUT2D eigenvalue weighted by molar-refractivity contribution is -0.190. The summed E-state index contributed by atoms with van der Waals surface area (Å²) < 4.78 is 18.1. The molecular weight excluding hydrogens is 1500 g/mol. The molecule has 5 unspecified atom stereocenters. The molecule has 0 radical (unpaired) electrons. The van der Waals surface area contributed by atoms with Gasteiger partial charge in [0, 0.05) is 119 Å². The highest BCUT2D eigenvalue weighted by molar-refractivity contribution is 6.30. The number of halogens is 1. The van der Waals surface area contributed by atoms with Crippen LogP contribution < -0.4 is 37.1 Å². The molecule has 2 fully saturated rings. The van der Waals surface area contributed by atoms with E-state index in [0.717, 1.165) is 53.9 Å². The Morgan fingerprint density at radius 3 is 1.53 bits per heavy atom. The summed E-state index contributed by atoms with van der Waals surface area (Å²) in [7, 11) is 4.33. The summed E-state index contributed by atoms with van der Waals surface area (Å²) >= 11 is 6.55. The number of carboxylic acid groups (broad SMARTS) is 1. The van der Waals surface area contributed by atoms with Gasteiger partial charge in [-0.05, 0) is 142 Å². The Morgan fingerprint density at radius 1 is 0.543 bits per heavy atom. The molecule has 26 nitrogen and oxygen atoms in total. The first-order chi connectivity index (χ1) is 55.5. The summed E-state index contributed by atoms with van der Waals surface area (Å²) in [5.41, 5.74) is 11.2. The summed E-state index contributed by atoms with van der Waals surface area (Å²) in [6.07, 6.45) is 5.63. The van der Waals surface area contributed by atoms with E-state index in [1.165, 1.54) is 35.8 Å². The second kappa shape index (κ2) is 41.1. The number of para-hydroxylation sites is 2. The molecule has 6 aromatic carbocycles. The molecule has 618 valence electrons.